The quantitative estimate of drug-likeness (QED) is 0.849. The van der Waals surface area contributed by atoms with Crippen molar-refractivity contribution < 1.29 is 14.4 Å². The lowest BCUT2D eigenvalue weighted by atomic mass is 9.81. The lowest BCUT2D eigenvalue weighted by Gasteiger charge is -2.29. The molecule has 0 radical (unpaired) electrons. The van der Waals surface area contributed by atoms with E-state index in [9.17, 15) is 14.4 Å². The molecule has 2 fully saturated rings. The Morgan fingerprint density at radius 2 is 1.69 bits per heavy atom. The van der Waals surface area contributed by atoms with E-state index >= 15 is 0 Å². The van der Waals surface area contributed by atoms with Gasteiger partial charge in [0.2, 0.25) is 17.7 Å². The molecule has 5 nitrogen and oxygen atoms in total. The fourth-order valence-electron chi connectivity index (χ4n) is 4.88. The zero-order valence-electron chi connectivity index (χ0n) is 15.2. The van der Waals surface area contributed by atoms with Crippen LogP contribution in [0.4, 0.5) is 0 Å². The summed E-state index contributed by atoms with van der Waals surface area (Å²) in [6.07, 6.45) is 6.49. The molecule has 1 saturated carbocycles. The summed E-state index contributed by atoms with van der Waals surface area (Å²) in [7, 11) is 0. The van der Waals surface area contributed by atoms with E-state index in [0.29, 0.717) is 0 Å². The maximum atomic E-state index is 12.8. The number of imide groups is 1. The largest absolute Gasteiger partial charge is 0.347 e. The third kappa shape index (κ3) is 2.83. The van der Waals surface area contributed by atoms with E-state index in [1.54, 1.807) is 6.92 Å². The molecule has 138 valence electrons. The molecule has 26 heavy (non-hydrogen) atoms. The second-order valence-electron chi connectivity index (χ2n) is 7.87. The van der Waals surface area contributed by atoms with Crippen molar-refractivity contribution in [2.24, 2.45) is 11.8 Å². The monoisotopic (exact) mass is 354 g/mol. The molecular formula is C21H26N2O3. The van der Waals surface area contributed by atoms with Crippen LogP contribution in [-0.4, -0.2) is 28.7 Å². The summed E-state index contributed by atoms with van der Waals surface area (Å²) in [5, 5.41) is 3.09. The third-order valence-electron chi connectivity index (χ3n) is 6.33. The molecule has 3 amide bonds. The molecule has 0 bridgehead atoms. The van der Waals surface area contributed by atoms with Crippen molar-refractivity contribution in [3.8, 4) is 0 Å². The fourth-order valence-corrected chi connectivity index (χ4v) is 4.88. The molecule has 0 unspecified atom stereocenters. The van der Waals surface area contributed by atoms with Crippen LogP contribution in [0.2, 0.25) is 0 Å². The fraction of sp³-hybridized carbons (Fsp3) is 0.571. The lowest BCUT2D eigenvalue weighted by Crippen LogP contribution is -2.49. The summed E-state index contributed by atoms with van der Waals surface area (Å²) >= 11 is 0. The first-order valence-electron chi connectivity index (χ1n) is 9.83. The van der Waals surface area contributed by atoms with Crippen LogP contribution in [0.25, 0.3) is 0 Å². The van der Waals surface area contributed by atoms with Crippen molar-refractivity contribution >= 4 is 17.7 Å². The van der Waals surface area contributed by atoms with Crippen molar-refractivity contribution in [1.29, 1.82) is 0 Å². The van der Waals surface area contributed by atoms with Crippen LogP contribution in [0, 0.1) is 11.8 Å². The smallest absolute Gasteiger partial charge is 0.243 e. The van der Waals surface area contributed by atoms with Gasteiger partial charge in [-0.25, -0.2) is 0 Å². The van der Waals surface area contributed by atoms with E-state index in [1.807, 2.05) is 12.1 Å². The standard InChI is InChI=1S/C21H26N2O3/c1-13(23-20(25)16-10-4-5-11-17(16)21(23)26)19(24)22-18-12-6-8-14-7-2-3-9-15(14)18/h2-3,7,9,13,16-18H,4-6,8,10-12H2,1H3,(H,22,24)/t13-,16-,17-,18+/m0/s1. The molecule has 1 heterocycles. The Morgan fingerprint density at radius 3 is 2.38 bits per heavy atom. The molecule has 1 aliphatic heterocycles. The molecule has 0 aromatic heterocycles. The number of carbonyl (C=O) groups is 3. The van der Waals surface area contributed by atoms with Gasteiger partial charge in [0, 0.05) is 0 Å². The maximum Gasteiger partial charge on any atom is 0.243 e. The van der Waals surface area contributed by atoms with E-state index in [4.69, 9.17) is 0 Å². The van der Waals surface area contributed by atoms with Crippen molar-refractivity contribution in [3.05, 3.63) is 35.4 Å². The van der Waals surface area contributed by atoms with Crippen LogP contribution in [0.3, 0.4) is 0 Å². The van der Waals surface area contributed by atoms with Gasteiger partial charge in [-0.2, -0.15) is 0 Å². The Kier molecular flexibility index (Phi) is 4.55. The van der Waals surface area contributed by atoms with E-state index in [0.717, 1.165) is 50.5 Å². The first-order chi connectivity index (χ1) is 12.6. The number of carbonyl (C=O) groups excluding carboxylic acids is 3. The number of nitrogens with zero attached hydrogens (tertiary/aromatic N) is 1. The number of amides is 3. The highest BCUT2D eigenvalue weighted by Gasteiger charge is 2.50. The topological polar surface area (TPSA) is 66.5 Å². The van der Waals surface area contributed by atoms with E-state index < -0.39 is 6.04 Å². The number of likely N-dealkylation sites (tertiary alicyclic amines) is 1. The molecule has 5 heteroatoms. The number of hydrogen-bond donors (Lipinski definition) is 1. The molecule has 4 rings (SSSR count). The van der Waals surface area contributed by atoms with E-state index in [1.165, 1.54) is 10.5 Å². The van der Waals surface area contributed by atoms with Gasteiger partial charge in [-0.3, -0.25) is 19.3 Å². The second kappa shape index (κ2) is 6.86. The average Bonchev–Trinajstić information content (AvgIpc) is 2.92. The zero-order valence-corrected chi connectivity index (χ0v) is 15.2. The van der Waals surface area contributed by atoms with Crippen molar-refractivity contribution in [2.75, 3.05) is 0 Å². The number of fused-ring (bicyclic) bond motifs is 2. The van der Waals surface area contributed by atoms with Gasteiger partial charge >= 0.3 is 0 Å². The molecule has 3 aliphatic rings. The van der Waals surface area contributed by atoms with E-state index in [-0.39, 0.29) is 35.6 Å². The summed E-state index contributed by atoms with van der Waals surface area (Å²) in [6.45, 7) is 1.68. The minimum absolute atomic E-state index is 0.0371. The summed E-state index contributed by atoms with van der Waals surface area (Å²) < 4.78 is 0. The summed E-state index contributed by atoms with van der Waals surface area (Å²) in [5.74, 6) is -0.936. The van der Waals surface area contributed by atoms with Crippen LogP contribution >= 0.6 is 0 Å². The first-order valence-corrected chi connectivity index (χ1v) is 9.83. The second-order valence-corrected chi connectivity index (χ2v) is 7.87. The van der Waals surface area contributed by atoms with Gasteiger partial charge in [-0.05, 0) is 50.2 Å². The Balaban J connectivity index is 1.49. The highest BCUT2D eigenvalue weighted by Crippen LogP contribution is 2.39. The van der Waals surface area contributed by atoms with Crippen LogP contribution in [-0.2, 0) is 20.8 Å². The number of benzene rings is 1. The molecule has 4 atom stereocenters. The first kappa shape index (κ1) is 17.3. The average molecular weight is 354 g/mol. The van der Waals surface area contributed by atoms with Crippen LogP contribution in [0.5, 0.6) is 0 Å². The van der Waals surface area contributed by atoms with Gasteiger partial charge in [-0.15, -0.1) is 0 Å². The van der Waals surface area contributed by atoms with Gasteiger partial charge in [0.15, 0.2) is 0 Å². The van der Waals surface area contributed by atoms with Crippen LogP contribution in [0.1, 0.15) is 62.6 Å². The van der Waals surface area contributed by atoms with Crippen molar-refractivity contribution in [2.45, 2.75) is 64.0 Å². The molecule has 1 aromatic carbocycles. The predicted molar refractivity (Wildman–Crippen MR) is 97.0 cm³/mol. The molecule has 0 spiro atoms. The lowest BCUT2D eigenvalue weighted by molar-refractivity contribution is -0.147. The Bertz CT molecular complexity index is 721. The molecule has 2 aliphatic carbocycles. The Hall–Kier alpha value is -2.17. The van der Waals surface area contributed by atoms with Crippen LogP contribution < -0.4 is 5.32 Å². The Labute approximate surface area is 154 Å². The Morgan fingerprint density at radius 1 is 1.04 bits per heavy atom. The number of hydrogen-bond acceptors (Lipinski definition) is 3. The minimum atomic E-state index is -0.741. The highest BCUT2D eigenvalue weighted by atomic mass is 16.2. The van der Waals surface area contributed by atoms with Gasteiger partial charge in [-0.1, -0.05) is 37.1 Å². The maximum absolute atomic E-state index is 12.8. The van der Waals surface area contributed by atoms with Crippen molar-refractivity contribution in [1.82, 2.24) is 10.2 Å². The third-order valence-corrected chi connectivity index (χ3v) is 6.33. The number of rotatable bonds is 3. The van der Waals surface area contributed by atoms with Crippen LogP contribution in [0.15, 0.2) is 24.3 Å². The summed E-state index contributed by atoms with van der Waals surface area (Å²) in [5.41, 5.74) is 2.43. The summed E-state index contributed by atoms with van der Waals surface area (Å²) in [6, 6.07) is 7.40. The molecular weight excluding hydrogens is 328 g/mol. The predicted octanol–water partition coefficient (Wildman–Crippen LogP) is 2.74. The van der Waals surface area contributed by atoms with Gasteiger partial charge in [0.25, 0.3) is 0 Å². The molecule has 1 aromatic rings. The molecule has 1 N–H and O–H groups in total. The highest BCUT2D eigenvalue weighted by molar-refractivity contribution is 6.08. The molecule has 1 saturated heterocycles. The minimum Gasteiger partial charge on any atom is -0.347 e. The van der Waals surface area contributed by atoms with E-state index in [2.05, 4.69) is 17.4 Å². The van der Waals surface area contributed by atoms with Gasteiger partial charge < -0.3 is 5.32 Å². The van der Waals surface area contributed by atoms with Crippen molar-refractivity contribution in [3.63, 3.8) is 0 Å². The summed E-state index contributed by atoms with van der Waals surface area (Å²) in [4.78, 5) is 39.5. The SMILES string of the molecule is C[C@@H](C(=O)N[C@@H]1CCCc2ccccc21)N1C(=O)[C@H]2CCCC[C@@H]2C1=O. The van der Waals surface area contributed by atoms with Gasteiger partial charge in [0.05, 0.1) is 17.9 Å². The zero-order chi connectivity index (χ0) is 18.3. The van der Waals surface area contributed by atoms with Gasteiger partial charge in [0.1, 0.15) is 6.04 Å². The number of nitrogens with one attached hydrogen (secondary N) is 1. The normalized spacial score (nSPS) is 29.1. The number of aryl methyl sites for hydroxylation is 1.